The minimum absolute atomic E-state index is 0.0436. The highest BCUT2D eigenvalue weighted by atomic mass is 28.4. The summed E-state index contributed by atoms with van der Waals surface area (Å²) in [6, 6.07) is 5.08. The summed E-state index contributed by atoms with van der Waals surface area (Å²) < 4.78 is 27.5. The van der Waals surface area contributed by atoms with Gasteiger partial charge in [-0.15, -0.1) is 0 Å². The average Bonchev–Trinajstić information content (AvgIpc) is 3.57. The summed E-state index contributed by atoms with van der Waals surface area (Å²) in [7, 11) is -1.73. The van der Waals surface area contributed by atoms with Crippen molar-refractivity contribution in [3.05, 3.63) is 23.8 Å². The molecule has 196 valence electrons. The number of likely N-dealkylation sites (tertiary alicyclic amines) is 1. The van der Waals surface area contributed by atoms with Gasteiger partial charge in [0.25, 0.3) is 5.91 Å². The van der Waals surface area contributed by atoms with E-state index in [1.54, 1.807) is 43.2 Å². The highest BCUT2D eigenvalue weighted by molar-refractivity contribution is 6.72. The topological polar surface area (TPSA) is 99.6 Å². The molecule has 5 atom stereocenters. The predicted molar refractivity (Wildman–Crippen MR) is 133 cm³/mol. The molecule has 0 aromatic heterocycles. The lowest BCUT2D eigenvalue weighted by molar-refractivity contribution is -0.149. The van der Waals surface area contributed by atoms with E-state index in [9.17, 15) is 19.5 Å². The fourth-order valence-corrected chi connectivity index (χ4v) is 9.27. The number of amides is 3. The second-order valence-corrected chi connectivity index (χ2v) is 14.7. The van der Waals surface area contributed by atoms with E-state index in [1.807, 2.05) is 6.92 Å². The van der Waals surface area contributed by atoms with Gasteiger partial charge in [0.15, 0.2) is 5.60 Å². The average molecular weight is 520 g/mol. The van der Waals surface area contributed by atoms with Crippen LogP contribution in [-0.4, -0.2) is 81.8 Å². The number of cyclic esters (lactones) is 1. The molecule has 4 heterocycles. The van der Waals surface area contributed by atoms with Gasteiger partial charge in [-0.25, -0.2) is 4.79 Å². The van der Waals surface area contributed by atoms with Crippen molar-refractivity contribution in [2.24, 2.45) is 5.92 Å². The molecule has 9 nitrogen and oxygen atoms in total. The maximum Gasteiger partial charge on any atom is 0.414 e. The van der Waals surface area contributed by atoms with Crippen LogP contribution in [0.4, 0.5) is 20.3 Å². The first-order valence-electron chi connectivity index (χ1n) is 12.6. The first-order valence-corrected chi connectivity index (χ1v) is 15.6. The van der Waals surface area contributed by atoms with Crippen molar-refractivity contribution in [3.63, 3.8) is 0 Å². The highest BCUT2D eigenvalue weighted by Crippen LogP contribution is 2.60. The van der Waals surface area contributed by atoms with Crippen LogP contribution in [0.5, 0.6) is 0 Å². The third-order valence-electron chi connectivity index (χ3n) is 8.43. The molecule has 1 N–H and O–H groups in total. The van der Waals surface area contributed by atoms with Gasteiger partial charge in [-0.05, 0) is 44.1 Å². The van der Waals surface area contributed by atoms with Gasteiger partial charge in [0.2, 0.25) is 14.3 Å². The second-order valence-electron chi connectivity index (χ2n) is 10.9. The molecule has 0 aliphatic carbocycles. The van der Waals surface area contributed by atoms with Crippen molar-refractivity contribution in [3.8, 4) is 0 Å². The number of ether oxygens (including phenoxy) is 2. The molecule has 0 unspecified atom stereocenters. The lowest BCUT2D eigenvalue weighted by Crippen LogP contribution is -2.44. The molecule has 3 saturated heterocycles. The fourth-order valence-electron chi connectivity index (χ4n) is 6.78. The van der Waals surface area contributed by atoms with E-state index in [0.717, 1.165) is 12.8 Å². The lowest BCUT2D eigenvalue weighted by Gasteiger charge is -2.31. The summed E-state index contributed by atoms with van der Waals surface area (Å²) in [6.45, 7) is 6.17. The lowest BCUT2D eigenvalue weighted by atomic mass is 9.82. The van der Waals surface area contributed by atoms with E-state index in [4.69, 9.17) is 9.47 Å². The van der Waals surface area contributed by atoms with Gasteiger partial charge in [0, 0.05) is 36.3 Å². The summed E-state index contributed by atoms with van der Waals surface area (Å²) in [5, 5.41) is 9.68. The number of fused-ring (bicyclic) bond motifs is 2. The molecule has 4 aliphatic heterocycles. The SMILES string of the molecule is C[C@@H]1[C@@H]([Si](C)(C)F)[C@H](CC(=O)N2CCC[C@H]2CO)O[C@@]12C(=O)N(C)c1ccc(N3CCOC3=O)cc12. The van der Waals surface area contributed by atoms with E-state index < -0.39 is 37.7 Å². The standard InChI is InChI=1S/C25H34FN3O6Si/c1-15-22(36(3,4)26)20(13-21(31)28-9-5-6-17(28)14-30)35-25(15)18-12-16(29-10-11-34-24(29)33)7-8-19(18)27(2)23(25)32/h7-8,12,15,17,20,22,30H,5-6,9-11,13-14H2,1-4H3/t15-,17+,20+,22-,25+/m1/s1. The quantitative estimate of drug-likeness (QED) is 0.475. The van der Waals surface area contributed by atoms with Gasteiger partial charge in [0.05, 0.1) is 37.4 Å². The van der Waals surface area contributed by atoms with Gasteiger partial charge in [-0.1, -0.05) is 6.92 Å². The smallest absolute Gasteiger partial charge is 0.414 e. The zero-order valence-electron chi connectivity index (χ0n) is 21.2. The number of halogens is 1. The molecule has 0 radical (unpaired) electrons. The van der Waals surface area contributed by atoms with E-state index in [-0.39, 0.29) is 37.5 Å². The van der Waals surface area contributed by atoms with E-state index >= 15 is 4.11 Å². The summed E-state index contributed by atoms with van der Waals surface area (Å²) in [5.41, 5.74) is -0.221. The minimum Gasteiger partial charge on any atom is -0.447 e. The van der Waals surface area contributed by atoms with Gasteiger partial charge >= 0.3 is 6.09 Å². The van der Waals surface area contributed by atoms with Crippen molar-refractivity contribution >= 4 is 37.7 Å². The Kier molecular flexibility index (Phi) is 6.16. The second kappa shape index (κ2) is 8.81. The van der Waals surface area contributed by atoms with Crippen molar-refractivity contribution in [1.29, 1.82) is 0 Å². The van der Waals surface area contributed by atoms with E-state index in [1.165, 1.54) is 9.80 Å². The first-order chi connectivity index (χ1) is 17.0. The Balaban J connectivity index is 1.54. The van der Waals surface area contributed by atoms with Crippen LogP contribution in [0.3, 0.4) is 0 Å². The normalized spacial score (nSPS) is 32.1. The molecule has 3 amide bonds. The summed E-state index contributed by atoms with van der Waals surface area (Å²) in [5.74, 6) is -0.999. The number of rotatable bonds is 5. The first kappa shape index (κ1) is 25.2. The van der Waals surface area contributed by atoms with Gasteiger partial charge in [0.1, 0.15) is 6.61 Å². The molecule has 5 rings (SSSR count). The van der Waals surface area contributed by atoms with Crippen LogP contribution in [0.1, 0.15) is 31.7 Å². The number of carbonyl (C=O) groups is 3. The van der Waals surface area contributed by atoms with Crippen LogP contribution in [0, 0.1) is 5.92 Å². The molecule has 1 spiro atoms. The molecule has 0 saturated carbocycles. The zero-order valence-corrected chi connectivity index (χ0v) is 22.2. The maximum absolute atomic E-state index is 15.9. The Labute approximate surface area is 211 Å². The van der Waals surface area contributed by atoms with Crippen molar-refractivity contribution < 1.29 is 33.1 Å². The number of aliphatic hydroxyl groups excluding tert-OH is 1. The largest absolute Gasteiger partial charge is 0.447 e. The number of nitrogens with zero attached hydrogens (tertiary/aromatic N) is 3. The number of hydrogen-bond donors (Lipinski definition) is 1. The molecule has 36 heavy (non-hydrogen) atoms. The minimum atomic E-state index is -3.40. The molecule has 1 aromatic carbocycles. The van der Waals surface area contributed by atoms with Crippen LogP contribution < -0.4 is 9.80 Å². The van der Waals surface area contributed by atoms with Crippen LogP contribution >= 0.6 is 0 Å². The third kappa shape index (κ3) is 3.66. The molecule has 11 heteroatoms. The molecular weight excluding hydrogens is 485 g/mol. The number of carbonyl (C=O) groups excluding carboxylic acids is 3. The zero-order chi connectivity index (χ0) is 26.0. The monoisotopic (exact) mass is 519 g/mol. The Morgan fingerprint density at radius 1 is 1.28 bits per heavy atom. The van der Waals surface area contributed by atoms with E-state index in [0.29, 0.717) is 30.0 Å². The number of hydrogen-bond acceptors (Lipinski definition) is 6. The molecule has 0 bridgehead atoms. The van der Waals surface area contributed by atoms with Crippen LogP contribution in [0.25, 0.3) is 0 Å². The van der Waals surface area contributed by atoms with Crippen LogP contribution in [0.15, 0.2) is 18.2 Å². The number of benzene rings is 1. The summed E-state index contributed by atoms with van der Waals surface area (Å²) >= 11 is 0. The summed E-state index contributed by atoms with van der Waals surface area (Å²) in [4.78, 5) is 44.0. The van der Waals surface area contributed by atoms with Gasteiger partial charge < -0.3 is 28.5 Å². The Bertz CT molecular complexity index is 1100. The molecule has 1 aromatic rings. The number of likely N-dealkylation sites (N-methyl/N-ethyl adjacent to an activating group) is 1. The molecular formula is C25H34FN3O6Si. The summed E-state index contributed by atoms with van der Waals surface area (Å²) in [6.07, 6.45) is 0.276. The predicted octanol–water partition coefficient (Wildman–Crippen LogP) is 2.77. The molecule has 4 aliphatic rings. The van der Waals surface area contributed by atoms with Crippen LogP contribution in [-0.2, 0) is 24.7 Å². The number of aliphatic hydroxyl groups is 1. The van der Waals surface area contributed by atoms with Crippen molar-refractivity contribution in [2.75, 3.05) is 43.2 Å². The fraction of sp³-hybridized carbons (Fsp3) is 0.640. The maximum atomic E-state index is 15.9. The Morgan fingerprint density at radius 2 is 2.03 bits per heavy atom. The number of anilines is 2. The van der Waals surface area contributed by atoms with Crippen LogP contribution in [0.2, 0.25) is 18.6 Å². The van der Waals surface area contributed by atoms with Gasteiger partial charge in [-0.3, -0.25) is 14.5 Å². The van der Waals surface area contributed by atoms with Crippen molar-refractivity contribution in [2.45, 2.75) is 62.6 Å². The van der Waals surface area contributed by atoms with E-state index in [2.05, 4.69) is 0 Å². The third-order valence-corrected chi connectivity index (χ3v) is 10.9. The van der Waals surface area contributed by atoms with Gasteiger partial charge in [-0.2, -0.15) is 0 Å². The van der Waals surface area contributed by atoms with Crippen molar-refractivity contribution in [1.82, 2.24) is 4.90 Å². The highest BCUT2D eigenvalue weighted by Gasteiger charge is 2.66. The Morgan fingerprint density at radius 3 is 2.67 bits per heavy atom. The molecule has 3 fully saturated rings. The Hall–Kier alpha value is -2.50.